The second kappa shape index (κ2) is 11.8. The van der Waals surface area contributed by atoms with Crippen molar-refractivity contribution in [2.75, 3.05) is 25.1 Å². The van der Waals surface area contributed by atoms with Crippen molar-refractivity contribution in [2.24, 2.45) is 4.99 Å². The van der Waals surface area contributed by atoms with Crippen molar-refractivity contribution in [2.45, 2.75) is 46.1 Å². The maximum Gasteiger partial charge on any atom is 0.266 e. The lowest BCUT2D eigenvalue weighted by Crippen LogP contribution is -2.45. The maximum absolute atomic E-state index is 13.9. The maximum atomic E-state index is 13.9. The number of rotatable bonds is 8. The van der Waals surface area contributed by atoms with E-state index in [0.717, 1.165) is 41.9 Å². The molecule has 6 nitrogen and oxygen atoms in total. The number of nitrogens with zero attached hydrogens (tertiary/aromatic N) is 3. The van der Waals surface area contributed by atoms with Crippen molar-refractivity contribution < 1.29 is 9.53 Å². The molecule has 1 amide bonds. The van der Waals surface area contributed by atoms with Crippen LogP contribution in [0.5, 0.6) is 5.75 Å². The monoisotopic (exact) mass is 590 g/mol. The first-order valence-electron chi connectivity index (χ1n) is 14.9. The number of H-pyrrole nitrogens is 1. The Bertz CT molecular complexity index is 1760. The number of methoxy groups -OCH3 is 1. The summed E-state index contributed by atoms with van der Waals surface area (Å²) in [6.07, 6.45) is 8.21. The van der Waals surface area contributed by atoms with E-state index < -0.39 is 0 Å². The number of thioether (sulfide) groups is 1. The zero-order valence-corrected chi connectivity index (χ0v) is 26.3. The van der Waals surface area contributed by atoms with E-state index in [0.29, 0.717) is 16.6 Å². The number of hydrogen-bond acceptors (Lipinski definition) is 5. The number of amidine groups is 1. The van der Waals surface area contributed by atoms with Crippen molar-refractivity contribution in [1.82, 2.24) is 9.88 Å². The number of hydrogen-bond donors (Lipinski definition) is 1. The number of aliphatic imine (C=N–C) groups is 1. The van der Waals surface area contributed by atoms with Crippen molar-refractivity contribution in [3.63, 3.8) is 0 Å². The topological polar surface area (TPSA) is 60.9 Å². The number of aromatic amines is 1. The van der Waals surface area contributed by atoms with Crippen molar-refractivity contribution in [3.05, 3.63) is 101 Å². The summed E-state index contributed by atoms with van der Waals surface area (Å²) >= 11 is 1.44. The van der Waals surface area contributed by atoms with Crippen LogP contribution in [0.3, 0.4) is 0 Å². The zero-order chi connectivity index (χ0) is 30.1. The van der Waals surface area contributed by atoms with Gasteiger partial charge < -0.3 is 14.6 Å². The van der Waals surface area contributed by atoms with Gasteiger partial charge in [-0.05, 0) is 111 Å². The number of anilines is 1. The average Bonchev–Trinajstić information content (AvgIpc) is 3.54. The molecule has 2 aliphatic rings. The van der Waals surface area contributed by atoms with Gasteiger partial charge in [-0.1, -0.05) is 37.3 Å². The molecule has 6 rings (SSSR count). The van der Waals surface area contributed by atoms with Gasteiger partial charge in [0.05, 0.1) is 23.2 Å². The highest BCUT2D eigenvalue weighted by atomic mass is 32.2. The van der Waals surface area contributed by atoms with Crippen LogP contribution in [-0.2, 0) is 11.2 Å². The van der Waals surface area contributed by atoms with E-state index in [4.69, 9.17) is 9.73 Å². The van der Waals surface area contributed by atoms with Crippen LogP contribution >= 0.6 is 11.8 Å². The third kappa shape index (κ3) is 5.74. The quantitative estimate of drug-likeness (QED) is 0.209. The highest BCUT2D eigenvalue weighted by molar-refractivity contribution is 8.18. The molecule has 0 aliphatic carbocycles. The van der Waals surface area contributed by atoms with Crippen molar-refractivity contribution >= 4 is 56.8 Å². The molecular weight excluding hydrogens is 552 g/mol. The van der Waals surface area contributed by atoms with Gasteiger partial charge in [-0.15, -0.1) is 0 Å². The van der Waals surface area contributed by atoms with Crippen LogP contribution in [0.1, 0.15) is 50.8 Å². The van der Waals surface area contributed by atoms with E-state index in [-0.39, 0.29) is 11.4 Å². The van der Waals surface area contributed by atoms with Gasteiger partial charge in [-0.2, -0.15) is 0 Å². The van der Waals surface area contributed by atoms with Crippen molar-refractivity contribution in [3.8, 4) is 5.75 Å². The largest absolute Gasteiger partial charge is 0.497 e. The first-order chi connectivity index (χ1) is 20.8. The molecule has 1 aromatic heterocycles. The molecule has 0 atom stereocenters. The minimum absolute atomic E-state index is 0.0177. The third-order valence-electron chi connectivity index (χ3n) is 8.21. The summed E-state index contributed by atoms with van der Waals surface area (Å²) in [5.74, 6) is 0.754. The lowest BCUT2D eigenvalue weighted by atomic mass is 9.88. The Labute approximate surface area is 258 Å². The molecule has 1 fully saturated rings. The Morgan fingerprint density at radius 3 is 2.60 bits per heavy atom. The number of fused-ring (bicyclic) bond motifs is 2. The molecule has 7 heteroatoms. The summed E-state index contributed by atoms with van der Waals surface area (Å²) in [5, 5.41) is 1.87. The van der Waals surface area contributed by atoms with Gasteiger partial charge in [-0.25, -0.2) is 4.99 Å². The molecule has 0 spiro atoms. The van der Waals surface area contributed by atoms with Crippen LogP contribution in [0, 0.1) is 0 Å². The fraction of sp³-hybridized carbons (Fsp3) is 0.278. The fourth-order valence-electron chi connectivity index (χ4n) is 6.10. The molecule has 220 valence electrons. The smallest absolute Gasteiger partial charge is 0.266 e. The van der Waals surface area contributed by atoms with Crippen LogP contribution in [-0.4, -0.2) is 46.7 Å². The summed E-state index contributed by atoms with van der Waals surface area (Å²) in [6, 6.07) is 22.4. The van der Waals surface area contributed by atoms with E-state index in [2.05, 4.69) is 74.0 Å². The molecule has 4 aromatic rings. The first-order valence-corrected chi connectivity index (χ1v) is 15.7. The lowest BCUT2D eigenvalue weighted by Gasteiger charge is -2.43. The van der Waals surface area contributed by atoms with E-state index in [1.165, 1.54) is 39.5 Å². The normalized spacial score (nSPS) is 18.1. The van der Waals surface area contributed by atoms with Gasteiger partial charge in [0.2, 0.25) is 0 Å². The number of carbonyl (C=O) groups excluding carboxylic acids is 1. The zero-order valence-electron chi connectivity index (χ0n) is 25.5. The van der Waals surface area contributed by atoms with Crippen LogP contribution in [0.15, 0.2) is 88.9 Å². The standard InChI is InChI=1S/C36H38N4O2S/c1-6-18-40-32-16-11-25(20-30(32)24(2)22-36(40,3)4)21-33-34(41)39(19-17-26-23-37-31-10-8-7-9-29(26)31)35(43-33)38-27-12-14-28(42-5)15-13-27/h7-16,20-23,37H,6,17-19H2,1-5H3/b33-21+,38-35?. The minimum Gasteiger partial charge on any atom is -0.497 e. The predicted octanol–water partition coefficient (Wildman–Crippen LogP) is 8.44. The summed E-state index contributed by atoms with van der Waals surface area (Å²) in [4.78, 5) is 27.2. The molecule has 0 radical (unpaired) electrons. The average molecular weight is 591 g/mol. The number of aromatic nitrogens is 1. The summed E-state index contributed by atoms with van der Waals surface area (Å²) in [7, 11) is 1.65. The van der Waals surface area contributed by atoms with Crippen LogP contribution in [0.4, 0.5) is 11.4 Å². The molecular formula is C36H38N4O2S. The van der Waals surface area contributed by atoms with Crippen LogP contribution in [0.25, 0.3) is 22.6 Å². The molecule has 0 unspecified atom stereocenters. The molecule has 0 bridgehead atoms. The second-order valence-corrected chi connectivity index (χ2v) is 12.7. The van der Waals surface area contributed by atoms with Gasteiger partial charge in [-0.3, -0.25) is 9.69 Å². The minimum atomic E-state index is -0.0392. The van der Waals surface area contributed by atoms with Crippen LogP contribution < -0.4 is 9.64 Å². The van der Waals surface area contributed by atoms with Gasteiger partial charge >= 0.3 is 0 Å². The Morgan fingerprint density at radius 1 is 1.05 bits per heavy atom. The Hall–Kier alpha value is -4.23. The first kappa shape index (κ1) is 28.9. The van der Waals surface area contributed by atoms with E-state index in [1.54, 1.807) is 7.11 Å². The Kier molecular flexibility index (Phi) is 7.93. The number of para-hydroxylation sites is 1. The molecule has 43 heavy (non-hydrogen) atoms. The number of amides is 1. The predicted molar refractivity (Wildman–Crippen MR) is 181 cm³/mol. The summed E-state index contributed by atoms with van der Waals surface area (Å²) < 4.78 is 5.32. The Balaban J connectivity index is 1.32. The number of nitrogens with one attached hydrogen (secondary N) is 1. The number of allylic oxidation sites excluding steroid dienone is 1. The molecule has 1 N–H and O–H groups in total. The fourth-order valence-corrected chi connectivity index (χ4v) is 7.13. The van der Waals surface area contributed by atoms with E-state index in [1.807, 2.05) is 53.6 Å². The molecule has 3 heterocycles. The lowest BCUT2D eigenvalue weighted by molar-refractivity contribution is -0.122. The van der Waals surface area contributed by atoms with Gasteiger partial charge in [0, 0.05) is 41.4 Å². The molecule has 1 saturated heterocycles. The van der Waals surface area contributed by atoms with Gasteiger partial charge in [0.25, 0.3) is 5.91 Å². The van der Waals surface area contributed by atoms with E-state index in [9.17, 15) is 4.79 Å². The van der Waals surface area contributed by atoms with Crippen molar-refractivity contribution in [1.29, 1.82) is 0 Å². The summed E-state index contributed by atoms with van der Waals surface area (Å²) in [5.41, 5.74) is 7.78. The SMILES string of the molecule is CCCN1c2ccc(/C=C3/SC(=Nc4ccc(OC)cc4)N(CCc4c[nH]c5ccccc45)C3=O)cc2C(C)=CC1(C)C. The van der Waals surface area contributed by atoms with E-state index >= 15 is 0 Å². The molecule has 3 aromatic carbocycles. The third-order valence-corrected chi connectivity index (χ3v) is 9.22. The molecule has 2 aliphatic heterocycles. The number of ether oxygens (including phenoxy) is 1. The molecule has 0 saturated carbocycles. The highest BCUT2D eigenvalue weighted by Gasteiger charge is 2.34. The highest BCUT2D eigenvalue weighted by Crippen LogP contribution is 2.41. The Morgan fingerprint density at radius 2 is 1.84 bits per heavy atom. The number of benzene rings is 3. The van der Waals surface area contributed by atoms with Gasteiger partial charge in [0.15, 0.2) is 5.17 Å². The van der Waals surface area contributed by atoms with Gasteiger partial charge in [0.1, 0.15) is 5.75 Å². The number of carbonyl (C=O) groups is 1. The van der Waals surface area contributed by atoms with Crippen LogP contribution in [0.2, 0.25) is 0 Å². The second-order valence-electron chi connectivity index (χ2n) is 11.7. The summed E-state index contributed by atoms with van der Waals surface area (Å²) in [6.45, 7) is 10.5.